The SMILES string of the molecule is COc1cc2c(c(O)c1C)C(=O)C(COc1ccccc1)=CC2=O. The lowest BCUT2D eigenvalue weighted by molar-refractivity contribution is 0.0971. The first-order chi connectivity index (χ1) is 11.5. The van der Waals surface area contributed by atoms with Gasteiger partial charge in [-0.1, -0.05) is 18.2 Å². The van der Waals surface area contributed by atoms with E-state index in [4.69, 9.17) is 9.47 Å². The zero-order valence-corrected chi connectivity index (χ0v) is 13.3. The fraction of sp³-hybridized carbons (Fsp3) is 0.158. The number of ether oxygens (including phenoxy) is 2. The van der Waals surface area contributed by atoms with Gasteiger partial charge in [0.15, 0.2) is 11.6 Å². The molecule has 0 fully saturated rings. The Kier molecular flexibility index (Phi) is 4.08. The first-order valence-corrected chi connectivity index (χ1v) is 7.41. The van der Waals surface area contributed by atoms with E-state index in [-0.39, 0.29) is 34.8 Å². The quantitative estimate of drug-likeness (QED) is 0.935. The van der Waals surface area contributed by atoms with Gasteiger partial charge in [-0.05, 0) is 31.2 Å². The average Bonchev–Trinajstić information content (AvgIpc) is 2.60. The second-order valence-electron chi connectivity index (χ2n) is 5.44. The molecule has 5 heteroatoms. The highest BCUT2D eigenvalue weighted by Gasteiger charge is 2.31. The lowest BCUT2D eigenvalue weighted by Crippen LogP contribution is -2.21. The molecule has 122 valence electrons. The third-order valence-corrected chi connectivity index (χ3v) is 3.95. The number of carbonyl (C=O) groups is 2. The van der Waals surface area contributed by atoms with Crippen LogP contribution in [0.2, 0.25) is 0 Å². The molecule has 3 rings (SSSR count). The van der Waals surface area contributed by atoms with E-state index in [9.17, 15) is 14.7 Å². The zero-order valence-electron chi connectivity index (χ0n) is 13.3. The molecule has 0 amide bonds. The number of carbonyl (C=O) groups excluding carboxylic acids is 2. The number of ketones is 2. The smallest absolute Gasteiger partial charge is 0.197 e. The fourth-order valence-corrected chi connectivity index (χ4v) is 2.63. The molecule has 0 spiro atoms. The van der Waals surface area contributed by atoms with Gasteiger partial charge in [-0.3, -0.25) is 9.59 Å². The van der Waals surface area contributed by atoms with Gasteiger partial charge in [-0.15, -0.1) is 0 Å². The Morgan fingerprint density at radius 3 is 2.50 bits per heavy atom. The van der Waals surface area contributed by atoms with E-state index in [0.717, 1.165) is 0 Å². The average molecular weight is 324 g/mol. The Bertz CT molecular complexity index is 850. The molecule has 0 bridgehead atoms. The summed E-state index contributed by atoms with van der Waals surface area (Å²) in [5.74, 6) is -0.0361. The number of allylic oxidation sites excluding steroid dienone is 1. The van der Waals surface area contributed by atoms with Crippen LogP contribution in [0.15, 0.2) is 48.0 Å². The topological polar surface area (TPSA) is 72.8 Å². The normalized spacial score (nSPS) is 13.3. The van der Waals surface area contributed by atoms with Gasteiger partial charge in [-0.25, -0.2) is 0 Å². The summed E-state index contributed by atoms with van der Waals surface area (Å²) in [4.78, 5) is 25.0. The molecule has 0 unspecified atom stereocenters. The molecule has 1 aliphatic carbocycles. The van der Waals surface area contributed by atoms with Crippen molar-refractivity contribution in [2.24, 2.45) is 0 Å². The minimum absolute atomic E-state index is 0.00691. The van der Waals surface area contributed by atoms with Crippen LogP contribution >= 0.6 is 0 Å². The van der Waals surface area contributed by atoms with Crippen LogP contribution in [-0.4, -0.2) is 30.4 Å². The van der Waals surface area contributed by atoms with E-state index in [2.05, 4.69) is 0 Å². The van der Waals surface area contributed by atoms with Crippen molar-refractivity contribution in [3.05, 3.63) is 64.7 Å². The summed E-state index contributed by atoms with van der Waals surface area (Å²) < 4.78 is 10.7. The molecule has 24 heavy (non-hydrogen) atoms. The third kappa shape index (κ3) is 2.65. The second-order valence-corrected chi connectivity index (χ2v) is 5.44. The number of para-hydroxylation sites is 1. The van der Waals surface area contributed by atoms with Gasteiger partial charge in [0.2, 0.25) is 0 Å². The first kappa shape index (κ1) is 15.8. The molecule has 2 aromatic rings. The predicted octanol–water partition coefficient (Wildman–Crippen LogP) is 3.09. The number of Topliss-reactive ketones (excluding diaryl/α,β-unsaturated/α-hetero) is 1. The predicted molar refractivity (Wildman–Crippen MR) is 88.1 cm³/mol. The Balaban J connectivity index is 1.94. The van der Waals surface area contributed by atoms with Crippen LogP contribution in [0.25, 0.3) is 0 Å². The molecule has 1 aliphatic rings. The molecule has 0 saturated heterocycles. The maximum atomic E-state index is 12.7. The van der Waals surface area contributed by atoms with E-state index < -0.39 is 5.78 Å². The van der Waals surface area contributed by atoms with Crippen molar-refractivity contribution >= 4 is 11.6 Å². The monoisotopic (exact) mass is 324 g/mol. The number of benzene rings is 2. The summed E-state index contributed by atoms with van der Waals surface area (Å²) in [7, 11) is 1.44. The van der Waals surface area contributed by atoms with Crippen LogP contribution in [0.1, 0.15) is 26.3 Å². The standard InChI is InChI=1S/C19H16O5/c1-11-16(23-2)9-14-15(20)8-12(19(22)17(14)18(11)21)10-24-13-6-4-3-5-7-13/h3-9,21H,10H2,1-2H3. The molecule has 0 saturated carbocycles. The number of rotatable bonds is 4. The molecule has 0 aromatic heterocycles. The molecule has 0 atom stereocenters. The van der Waals surface area contributed by atoms with Gasteiger partial charge in [0.05, 0.1) is 12.7 Å². The zero-order chi connectivity index (χ0) is 17.3. The summed E-state index contributed by atoms with van der Waals surface area (Å²) in [6.45, 7) is 1.59. The number of hydrogen-bond acceptors (Lipinski definition) is 5. The second kappa shape index (κ2) is 6.20. The van der Waals surface area contributed by atoms with Gasteiger partial charge >= 0.3 is 0 Å². The van der Waals surface area contributed by atoms with E-state index in [1.165, 1.54) is 19.3 Å². The maximum absolute atomic E-state index is 12.7. The molecular weight excluding hydrogens is 308 g/mol. The van der Waals surface area contributed by atoms with Gasteiger partial charge < -0.3 is 14.6 Å². The summed E-state index contributed by atoms with van der Waals surface area (Å²) in [6.07, 6.45) is 1.25. The van der Waals surface area contributed by atoms with Crippen molar-refractivity contribution in [2.45, 2.75) is 6.92 Å². The summed E-state index contributed by atoms with van der Waals surface area (Å²) in [5.41, 5.74) is 0.773. The molecule has 5 nitrogen and oxygen atoms in total. The number of aromatic hydroxyl groups is 1. The number of hydrogen-bond donors (Lipinski definition) is 1. The Morgan fingerprint density at radius 1 is 1.12 bits per heavy atom. The van der Waals surface area contributed by atoms with Crippen LogP contribution in [-0.2, 0) is 0 Å². The Morgan fingerprint density at radius 2 is 1.83 bits per heavy atom. The van der Waals surface area contributed by atoms with Crippen molar-refractivity contribution in [3.8, 4) is 17.2 Å². The lowest BCUT2D eigenvalue weighted by Gasteiger charge is -2.19. The fourth-order valence-electron chi connectivity index (χ4n) is 2.63. The Labute approximate surface area is 139 Å². The number of fused-ring (bicyclic) bond motifs is 1. The lowest BCUT2D eigenvalue weighted by atomic mass is 9.87. The van der Waals surface area contributed by atoms with Gasteiger partial charge in [0.1, 0.15) is 23.9 Å². The van der Waals surface area contributed by atoms with Crippen LogP contribution in [0.3, 0.4) is 0 Å². The first-order valence-electron chi connectivity index (χ1n) is 7.41. The molecule has 1 N–H and O–H groups in total. The minimum Gasteiger partial charge on any atom is -0.507 e. The molecular formula is C19H16O5. The van der Waals surface area contributed by atoms with E-state index in [1.807, 2.05) is 18.2 Å². The van der Waals surface area contributed by atoms with E-state index >= 15 is 0 Å². The molecule has 2 aromatic carbocycles. The van der Waals surface area contributed by atoms with Crippen LogP contribution in [0.4, 0.5) is 0 Å². The molecule has 0 radical (unpaired) electrons. The number of phenolic OH excluding ortho intramolecular Hbond substituents is 1. The highest BCUT2D eigenvalue weighted by Crippen LogP contribution is 2.37. The Hall–Kier alpha value is -3.08. The maximum Gasteiger partial charge on any atom is 0.197 e. The molecule has 0 aliphatic heterocycles. The van der Waals surface area contributed by atoms with Crippen LogP contribution < -0.4 is 9.47 Å². The highest BCUT2D eigenvalue weighted by molar-refractivity contribution is 6.26. The summed E-state index contributed by atoms with van der Waals surface area (Å²) >= 11 is 0. The van der Waals surface area contributed by atoms with Gasteiger partial charge in [0.25, 0.3) is 0 Å². The highest BCUT2D eigenvalue weighted by atomic mass is 16.5. The van der Waals surface area contributed by atoms with Gasteiger partial charge in [0, 0.05) is 16.7 Å². The summed E-state index contributed by atoms with van der Waals surface area (Å²) in [6, 6.07) is 10.5. The van der Waals surface area contributed by atoms with E-state index in [1.54, 1.807) is 19.1 Å². The third-order valence-electron chi connectivity index (χ3n) is 3.95. The largest absolute Gasteiger partial charge is 0.507 e. The van der Waals surface area contributed by atoms with Crippen molar-refractivity contribution in [2.75, 3.05) is 13.7 Å². The van der Waals surface area contributed by atoms with Crippen molar-refractivity contribution in [1.29, 1.82) is 0 Å². The van der Waals surface area contributed by atoms with Crippen molar-refractivity contribution < 1.29 is 24.2 Å². The molecule has 0 heterocycles. The van der Waals surface area contributed by atoms with Crippen molar-refractivity contribution in [3.63, 3.8) is 0 Å². The van der Waals surface area contributed by atoms with Gasteiger partial charge in [-0.2, -0.15) is 0 Å². The number of methoxy groups -OCH3 is 1. The number of phenols is 1. The van der Waals surface area contributed by atoms with Crippen molar-refractivity contribution in [1.82, 2.24) is 0 Å². The minimum atomic E-state index is -0.413. The van der Waals surface area contributed by atoms with E-state index in [0.29, 0.717) is 17.1 Å². The van der Waals surface area contributed by atoms with Crippen LogP contribution in [0, 0.1) is 6.92 Å². The summed E-state index contributed by atoms with van der Waals surface area (Å²) in [5, 5.41) is 10.3. The van der Waals surface area contributed by atoms with Crippen LogP contribution in [0.5, 0.6) is 17.2 Å².